The normalized spacial score (nSPS) is 55.4. The van der Waals surface area contributed by atoms with E-state index in [1.807, 2.05) is 0 Å². The Morgan fingerprint density at radius 1 is 0.778 bits per heavy atom. The molecule has 8 unspecified atom stereocenters. The maximum Gasteiger partial charge on any atom is -0.0194 e. The largest absolute Gasteiger partial charge is 0.0848 e. The van der Waals surface area contributed by atoms with Crippen molar-refractivity contribution in [2.24, 2.45) is 47.3 Å². The fourth-order valence-electron chi connectivity index (χ4n) is 6.81. The quantitative estimate of drug-likeness (QED) is 0.487. The van der Waals surface area contributed by atoms with Crippen LogP contribution in [-0.4, -0.2) is 0 Å². The first-order chi connectivity index (χ1) is 8.85. The van der Waals surface area contributed by atoms with Crippen LogP contribution in [0.3, 0.4) is 0 Å². The molecule has 0 aromatic carbocycles. The minimum Gasteiger partial charge on any atom is -0.0848 e. The van der Waals surface area contributed by atoms with Gasteiger partial charge in [0.25, 0.3) is 0 Å². The summed E-state index contributed by atoms with van der Waals surface area (Å²) < 4.78 is 0. The summed E-state index contributed by atoms with van der Waals surface area (Å²) in [6.07, 6.45) is 14.2. The molecule has 3 saturated carbocycles. The lowest BCUT2D eigenvalue weighted by atomic mass is 9.63. The summed E-state index contributed by atoms with van der Waals surface area (Å²) in [5.41, 5.74) is 0. The molecule has 0 aliphatic heterocycles. The smallest absolute Gasteiger partial charge is 0.0194 e. The highest BCUT2D eigenvalue weighted by Gasteiger charge is 2.63. The van der Waals surface area contributed by atoms with Crippen LogP contribution < -0.4 is 0 Å². The zero-order chi connectivity index (χ0) is 12.3. The van der Waals surface area contributed by atoms with Crippen LogP contribution in [0.4, 0.5) is 0 Å². The molecule has 4 aliphatic rings. The second-order valence-electron chi connectivity index (χ2n) is 7.57. The van der Waals surface area contributed by atoms with Crippen LogP contribution >= 0.6 is 0 Å². The monoisotopic (exact) mass is 244 g/mol. The average molecular weight is 244 g/mol. The van der Waals surface area contributed by atoms with Crippen LogP contribution in [0.1, 0.15) is 52.4 Å². The standard InChI is InChI=1S/C18H28/c1-3-5-13-14(6-4-2)16-10-15(13)17-11-7-8-12(9-11)18(16)17/h7-8,11-18H,3-6,9-10H2,1-2H3. The first-order valence-electron chi connectivity index (χ1n) is 8.53. The zero-order valence-corrected chi connectivity index (χ0v) is 12.0. The lowest BCUT2D eigenvalue weighted by Crippen LogP contribution is -2.37. The van der Waals surface area contributed by atoms with E-state index in [0.29, 0.717) is 0 Å². The molecule has 8 atom stereocenters. The van der Waals surface area contributed by atoms with E-state index in [4.69, 9.17) is 0 Å². The van der Waals surface area contributed by atoms with E-state index in [1.54, 1.807) is 6.42 Å². The first-order valence-corrected chi connectivity index (χ1v) is 8.53. The Kier molecular flexibility index (Phi) is 2.64. The van der Waals surface area contributed by atoms with Crippen molar-refractivity contribution in [3.8, 4) is 0 Å². The van der Waals surface area contributed by atoms with Crippen LogP contribution in [0.2, 0.25) is 0 Å². The highest BCUT2D eigenvalue weighted by atomic mass is 14.7. The van der Waals surface area contributed by atoms with Gasteiger partial charge in [0, 0.05) is 0 Å². The van der Waals surface area contributed by atoms with Gasteiger partial charge >= 0.3 is 0 Å². The summed E-state index contributed by atoms with van der Waals surface area (Å²) in [5.74, 6) is 8.69. The minimum absolute atomic E-state index is 0.997. The number of allylic oxidation sites excluding steroid dienone is 2. The van der Waals surface area contributed by atoms with Gasteiger partial charge in [0.2, 0.25) is 0 Å². The Morgan fingerprint density at radius 2 is 1.28 bits per heavy atom. The molecule has 4 bridgehead atoms. The van der Waals surface area contributed by atoms with Gasteiger partial charge in [0.15, 0.2) is 0 Å². The molecule has 0 N–H and O–H groups in total. The molecule has 4 aliphatic carbocycles. The number of fused-ring (bicyclic) bond motifs is 9. The van der Waals surface area contributed by atoms with E-state index in [-0.39, 0.29) is 0 Å². The third kappa shape index (κ3) is 1.33. The third-order valence-corrected chi connectivity index (χ3v) is 7.01. The summed E-state index contributed by atoms with van der Waals surface area (Å²) >= 11 is 0. The molecule has 0 aromatic heterocycles. The molecular weight excluding hydrogens is 216 g/mol. The summed E-state index contributed by atoms with van der Waals surface area (Å²) in [4.78, 5) is 0. The molecular formula is C18H28. The maximum absolute atomic E-state index is 2.59. The van der Waals surface area contributed by atoms with Gasteiger partial charge in [-0.15, -0.1) is 0 Å². The van der Waals surface area contributed by atoms with E-state index in [9.17, 15) is 0 Å². The molecule has 0 heterocycles. The third-order valence-electron chi connectivity index (χ3n) is 7.01. The van der Waals surface area contributed by atoms with Gasteiger partial charge in [-0.25, -0.2) is 0 Å². The Morgan fingerprint density at radius 3 is 1.72 bits per heavy atom. The molecule has 4 rings (SSSR count). The van der Waals surface area contributed by atoms with E-state index in [2.05, 4.69) is 26.0 Å². The van der Waals surface area contributed by atoms with Crippen LogP contribution in [-0.2, 0) is 0 Å². The van der Waals surface area contributed by atoms with E-state index in [0.717, 1.165) is 47.3 Å². The van der Waals surface area contributed by atoms with Gasteiger partial charge in [0.1, 0.15) is 0 Å². The molecule has 3 fully saturated rings. The minimum atomic E-state index is 0.997. The van der Waals surface area contributed by atoms with Gasteiger partial charge in [-0.2, -0.15) is 0 Å². The van der Waals surface area contributed by atoms with Crippen LogP contribution in [0.5, 0.6) is 0 Å². The van der Waals surface area contributed by atoms with Crippen molar-refractivity contribution in [2.45, 2.75) is 52.4 Å². The molecule has 100 valence electrons. The van der Waals surface area contributed by atoms with Crippen molar-refractivity contribution in [3.05, 3.63) is 12.2 Å². The second kappa shape index (κ2) is 4.12. The topological polar surface area (TPSA) is 0 Å². The molecule has 0 heteroatoms. The molecule has 0 saturated heterocycles. The molecule has 18 heavy (non-hydrogen) atoms. The number of hydrogen-bond acceptors (Lipinski definition) is 0. The Balaban J connectivity index is 1.63. The lowest BCUT2D eigenvalue weighted by Gasteiger charge is -2.42. The molecule has 0 amide bonds. The molecule has 0 spiro atoms. The Labute approximate surface area is 112 Å². The van der Waals surface area contributed by atoms with Crippen molar-refractivity contribution >= 4 is 0 Å². The van der Waals surface area contributed by atoms with Crippen LogP contribution in [0.25, 0.3) is 0 Å². The van der Waals surface area contributed by atoms with Crippen molar-refractivity contribution in [2.75, 3.05) is 0 Å². The number of hydrogen-bond donors (Lipinski definition) is 0. The maximum atomic E-state index is 2.59. The number of rotatable bonds is 4. The van der Waals surface area contributed by atoms with Crippen LogP contribution in [0.15, 0.2) is 12.2 Å². The van der Waals surface area contributed by atoms with Gasteiger partial charge in [-0.1, -0.05) is 51.7 Å². The van der Waals surface area contributed by atoms with E-state index in [1.165, 1.54) is 32.1 Å². The fourth-order valence-corrected chi connectivity index (χ4v) is 6.81. The van der Waals surface area contributed by atoms with Crippen molar-refractivity contribution < 1.29 is 0 Å². The Hall–Kier alpha value is -0.260. The lowest BCUT2D eigenvalue weighted by molar-refractivity contribution is 0.0763. The van der Waals surface area contributed by atoms with Gasteiger partial charge < -0.3 is 0 Å². The SMILES string of the molecule is CCCC1C(CCC)C2CC1C1C3C=CC(C3)C21. The highest BCUT2D eigenvalue weighted by molar-refractivity contribution is 5.21. The van der Waals surface area contributed by atoms with Crippen LogP contribution in [0, 0.1) is 47.3 Å². The predicted molar refractivity (Wildman–Crippen MR) is 76.1 cm³/mol. The second-order valence-corrected chi connectivity index (χ2v) is 7.57. The fraction of sp³-hybridized carbons (Fsp3) is 0.889. The molecule has 0 radical (unpaired) electrons. The summed E-state index contributed by atoms with van der Waals surface area (Å²) in [7, 11) is 0. The van der Waals surface area contributed by atoms with Gasteiger partial charge in [-0.3, -0.25) is 0 Å². The van der Waals surface area contributed by atoms with E-state index < -0.39 is 0 Å². The first kappa shape index (κ1) is 11.6. The predicted octanol–water partition coefficient (Wildman–Crippen LogP) is 4.91. The molecule has 0 aromatic rings. The zero-order valence-electron chi connectivity index (χ0n) is 12.0. The van der Waals surface area contributed by atoms with Crippen molar-refractivity contribution in [1.82, 2.24) is 0 Å². The summed E-state index contributed by atoms with van der Waals surface area (Å²) in [5, 5.41) is 0. The molecule has 0 nitrogen and oxygen atoms in total. The average Bonchev–Trinajstić information content (AvgIpc) is 3.07. The van der Waals surface area contributed by atoms with Gasteiger partial charge in [0.05, 0.1) is 0 Å². The Bertz CT molecular complexity index is 323. The van der Waals surface area contributed by atoms with E-state index >= 15 is 0 Å². The van der Waals surface area contributed by atoms with Gasteiger partial charge in [-0.05, 0) is 60.2 Å². The van der Waals surface area contributed by atoms with Crippen molar-refractivity contribution in [1.29, 1.82) is 0 Å². The highest BCUT2D eigenvalue weighted by Crippen LogP contribution is 2.69. The summed E-state index contributed by atoms with van der Waals surface area (Å²) in [6.45, 7) is 4.79. The summed E-state index contributed by atoms with van der Waals surface area (Å²) in [6, 6.07) is 0. The van der Waals surface area contributed by atoms with Crippen molar-refractivity contribution in [3.63, 3.8) is 0 Å².